The van der Waals surface area contributed by atoms with Gasteiger partial charge >= 0.3 is 5.97 Å². The number of pyridine rings is 1. The second-order valence-electron chi connectivity index (χ2n) is 5.90. The summed E-state index contributed by atoms with van der Waals surface area (Å²) in [6.45, 7) is 1.20. The first-order chi connectivity index (χ1) is 12.5. The molecule has 2 rings (SSSR count). The van der Waals surface area contributed by atoms with Crippen molar-refractivity contribution in [2.45, 2.75) is 25.3 Å². The Balaban J connectivity index is 1.82. The molecule has 9 heteroatoms. The van der Waals surface area contributed by atoms with Crippen molar-refractivity contribution < 1.29 is 14.7 Å². The third kappa shape index (κ3) is 5.55. The second kappa shape index (κ2) is 9.52. The number of amides is 1. The number of carbonyl (C=O) groups is 2. The maximum Gasteiger partial charge on any atom is 0.322 e. The lowest BCUT2D eigenvalue weighted by Gasteiger charge is -2.17. The highest BCUT2D eigenvalue weighted by atomic mass is 16.4. The lowest BCUT2D eigenvalue weighted by molar-refractivity contribution is -0.138. The number of aromatic nitrogens is 1. The molecule has 0 spiro atoms. The van der Waals surface area contributed by atoms with Crippen LogP contribution in [0.25, 0.3) is 0 Å². The second-order valence-corrected chi connectivity index (χ2v) is 5.90. The molecule has 0 aliphatic carbocycles. The summed E-state index contributed by atoms with van der Waals surface area (Å²) in [4.78, 5) is 31.3. The molecule has 0 saturated heterocycles. The van der Waals surface area contributed by atoms with E-state index in [0.717, 1.165) is 37.1 Å². The first kappa shape index (κ1) is 19.4. The Hall–Kier alpha value is -2.94. The summed E-state index contributed by atoms with van der Waals surface area (Å²) in [5.74, 6) is -0.775. The number of carbonyl (C=O) groups excluding carboxylic acids is 1. The van der Waals surface area contributed by atoms with Crippen molar-refractivity contribution in [3.05, 3.63) is 35.2 Å². The van der Waals surface area contributed by atoms with E-state index < -0.39 is 17.9 Å². The number of hydrogen-bond donors (Lipinski definition) is 5. The van der Waals surface area contributed by atoms with Crippen molar-refractivity contribution in [3.63, 3.8) is 0 Å². The predicted molar refractivity (Wildman–Crippen MR) is 99.0 cm³/mol. The summed E-state index contributed by atoms with van der Waals surface area (Å²) in [6, 6.07) is 2.90. The summed E-state index contributed by atoms with van der Waals surface area (Å²) in [7, 11) is 0. The Morgan fingerprint density at radius 3 is 3.00 bits per heavy atom. The van der Waals surface area contributed by atoms with Gasteiger partial charge in [-0.1, -0.05) is 6.07 Å². The molecule has 1 aromatic rings. The average Bonchev–Trinajstić information content (AvgIpc) is 2.65. The Morgan fingerprint density at radius 2 is 2.27 bits per heavy atom. The van der Waals surface area contributed by atoms with E-state index in [4.69, 9.17) is 16.6 Å². The molecule has 26 heavy (non-hydrogen) atoms. The largest absolute Gasteiger partial charge is 0.480 e. The maximum absolute atomic E-state index is 11.9. The third-order valence-corrected chi connectivity index (χ3v) is 3.92. The molecule has 1 atom stereocenters. The first-order valence-corrected chi connectivity index (χ1v) is 8.42. The lowest BCUT2D eigenvalue weighted by Crippen LogP contribution is -2.43. The number of hydrogen-bond acceptors (Lipinski definition) is 7. The van der Waals surface area contributed by atoms with E-state index in [0.29, 0.717) is 13.0 Å². The minimum absolute atomic E-state index is 0.141. The van der Waals surface area contributed by atoms with E-state index in [-0.39, 0.29) is 12.1 Å². The molecule has 140 valence electrons. The minimum Gasteiger partial charge on any atom is -0.480 e. The molecule has 1 aliphatic rings. The summed E-state index contributed by atoms with van der Waals surface area (Å²) >= 11 is 0. The monoisotopic (exact) mass is 360 g/mol. The van der Waals surface area contributed by atoms with Gasteiger partial charge in [-0.15, -0.1) is 0 Å². The molecule has 1 aromatic heterocycles. The van der Waals surface area contributed by atoms with Crippen molar-refractivity contribution in [1.82, 2.24) is 10.3 Å². The smallest absolute Gasteiger partial charge is 0.322 e. The maximum atomic E-state index is 11.9. The van der Waals surface area contributed by atoms with E-state index in [9.17, 15) is 9.59 Å². The zero-order valence-corrected chi connectivity index (χ0v) is 14.4. The molecule has 0 aromatic carbocycles. The Bertz CT molecular complexity index is 716. The number of fused-ring (bicyclic) bond motifs is 1. The van der Waals surface area contributed by atoms with E-state index in [1.54, 1.807) is 0 Å². The molecule has 0 radical (unpaired) electrons. The van der Waals surface area contributed by atoms with Crippen LogP contribution in [-0.4, -0.2) is 53.9 Å². The van der Waals surface area contributed by atoms with Gasteiger partial charge < -0.3 is 27.2 Å². The number of nitrogens with zero attached hydrogens (tertiary/aromatic N) is 2. The van der Waals surface area contributed by atoms with E-state index in [1.165, 1.54) is 11.8 Å². The number of nitrogens with two attached hydrogens (primary N) is 2. The molecular formula is C17H24N6O3. The molecule has 7 N–H and O–H groups in total. The van der Waals surface area contributed by atoms with Crippen LogP contribution in [0.4, 0.5) is 5.82 Å². The van der Waals surface area contributed by atoms with Crippen LogP contribution in [0.1, 0.15) is 17.7 Å². The number of carboxylic acid groups (broad SMARTS) is 1. The highest BCUT2D eigenvalue weighted by Crippen LogP contribution is 2.19. The topological polar surface area (TPSA) is 156 Å². The van der Waals surface area contributed by atoms with Gasteiger partial charge in [-0.05, 0) is 24.5 Å². The lowest BCUT2D eigenvalue weighted by atomic mass is 10.1. The summed E-state index contributed by atoms with van der Waals surface area (Å²) in [6.07, 6.45) is 5.27. The van der Waals surface area contributed by atoms with Gasteiger partial charge in [0.1, 0.15) is 11.9 Å². The molecule has 2 heterocycles. The van der Waals surface area contributed by atoms with Gasteiger partial charge in [-0.25, -0.2) is 4.98 Å². The van der Waals surface area contributed by atoms with E-state index in [2.05, 4.69) is 26.7 Å². The van der Waals surface area contributed by atoms with Crippen LogP contribution in [-0.2, 0) is 22.4 Å². The predicted octanol–water partition coefficient (Wildman–Crippen LogP) is -0.576. The standard InChI is InChI=1S/C17H24N6O3/c18-8-12(16(24)22-10-14(19)17(25)26)9-20-7-5-13-4-3-11-2-1-6-21-15(11)23-13/h3-4,8-9,14H,1-2,5-7,10,18-19H2,(H,21,23)(H,22,24)(H,25,26). The number of anilines is 1. The van der Waals surface area contributed by atoms with E-state index in [1.807, 2.05) is 6.07 Å². The van der Waals surface area contributed by atoms with Crippen molar-refractivity contribution in [3.8, 4) is 0 Å². The average molecular weight is 360 g/mol. The van der Waals surface area contributed by atoms with Crippen molar-refractivity contribution in [1.29, 1.82) is 0 Å². The molecule has 0 bridgehead atoms. The Labute approximate surface area is 151 Å². The minimum atomic E-state index is -1.19. The van der Waals surface area contributed by atoms with Crippen LogP contribution in [0.2, 0.25) is 0 Å². The fourth-order valence-corrected chi connectivity index (χ4v) is 2.42. The molecule has 1 aliphatic heterocycles. The number of aryl methyl sites for hydroxylation is 1. The summed E-state index contributed by atoms with van der Waals surface area (Å²) in [5.41, 5.74) is 13.1. The van der Waals surface area contributed by atoms with Crippen LogP contribution in [0.5, 0.6) is 0 Å². The van der Waals surface area contributed by atoms with E-state index >= 15 is 0 Å². The SMILES string of the molecule is NC=C(C=NCCc1ccc2c(n1)NCCC2)C(=O)NCC(N)C(=O)O. The van der Waals surface area contributed by atoms with Crippen LogP contribution in [0, 0.1) is 0 Å². The van der Waals surface area contributed by atoms with Crippen LogP contribution in [0.15, 0.2) is 28.9 Å². The molecule has 0 saturated carbocycles. The van der Waals surface area contributed by atoms with Gasteiger partial charge in [0, 0.05) is 44.2 Å². The summed E-state index contributed by atoms with van der Waals surface area (Å²) < 4.78 is 0. The fraction of sp³-hybridized carbons (Fsp3) is 0.412. The molecular weight excluding hydrogens is 336 g/mol. The fourth-order valence-electron chi connectivity index (χ4n) is 2.42. The highest BCUT2D eigenvalue weighted by molar-refractivity contribution is 6.12. The zero-order chi connectivity index (χ0) is 18.9. The van der Waals surface area contributed by atoms with Gasteiger partial charge in [0.15, 0.2) is 0 Å². The number of carboxylic acids is 1. The van der Waals surface area contributed by atoms with Crippen molar-refractivity contribution in [2.75, 3.05) is 25.0 Å². The molecule has 0 fully saturated rings. The van der Waals surface area contributed by atoms with Crippen LogP contribution in [0.3, 0.4) is 0 Å². The molecule has 1 unspecified atom stereocenters. The molecule has 1 amide bonds. The number of aliphatic imine (C=N–C) groups is 1. The van der Waals surface area contributed by atoms with Gasteiger partial charge in [-0.3, -0.25) is 14.6 Å². The van der Waals surface area contributed by atoms with Gasteiger partial charge in [0.25, 0.3) is 5.91 Å². The van der Waals surface area contributed by atoms with Crippen LogP contribution >= 0.6 is 0 Å². The number of aliphatic carboxylic acids is 1. The number of rotatable bonds is 8. The van der Waals surface area contributed by atoms with Crippen LogP contribution < -0.4 is 22.1 Å². The zero-order valence-electron chi connectivity index (χ0n) is 14.4. The van der Waals surface area contributed by atoms with Gasteiger partial charge in [0.05, 0.1) is 5.57 Å². The molecule has 9 nitrogen and oxygen atoms in total. The normalized spacial score (nSPS) is 15.2. The van der Waals surface area contributed by atoms with Crippen molar-refractivity contribution >= 4 is 23.9 Å². The Morgan fingerprint density at radius 1 is 1.46 bits per heavy atom. The van der Waals surface area contributed by atoms with Gasteiger partial charge in [0.2, 0.25) is 0 Å². The first-order valence-electron chi connectivity index (χ1n) is 8.42. The summed E-state index contributed by atoms with van der Waals surface area (Å²) in [5, 5.41) is 14.4. The quantitative estimate of drug-likeness (QED) is 0.307. The number of nitrogens with one attached hydrogen (secondary N) is 2. The third-order valence-electron chi connectivity index (χ3n) is 3.92. The van der Waals surface area contributed by atoms with Crippen molar-refractivity contribution in [2.24, 2.45) is 16.5 Å². The van der Waals surface area contributed by atoms with Gasteiger partial charge in [-0.2, -0.15) is 0 Å². The Kier molecular flexibility index (Phi) is 7.10. The highest BCUT2D eigenvalue weighted by Gasteiger charge is 2.14.